The van der Waals surface area contributed by atoms with Gasteiger partial charge in [-0.1, -0.05) is 13.0 Å². The Bertz CT molecular complexity index is 569. The van der Waals surface area contributed by atoms with Crippen LogP contribution in [0.15, 0.2) is 33.6 Å². The van der Waals surface area contributed by atoms with Crippen molar-refractivity contribution in [2.24, 2.45) is 0 Å². The van der Waals surface area contributed by atoms with Crippen molar-refractivity contribution in [2.75, 3.05) is 0 Å². The molecule has 0 spiro atoms. The smallest absolute Gasteiger partial charge is 0.124 e. The molecule has 1 aromatic carbocycles. The van der Waals surface area contributed by atoms with Crippen LogP contribution in [0.25, 0.3) is 0 Å². The summed E-state index contributed by atoms with van der Waals surface area (Å²) in [7, 11) is 0. The first-order chi connectivity index (χ1) is 9.15. The highest BCUT2D eigenvalue weighted by molar-refractivity contribution is 9.10. The second-order valence-corrected chi connectivity index (χ2v) is 5.96. The summed E-state index contributed by atoms with van der Waals surface area (Å²) in [6, 6.07) is 6.69. The summed E-state index contributed by atoms with van der Waals surface area (Å²) in [6.07, 6.45) is 0.908. The Kier molecular flexibility index (Phi) is 5.05. The molecule has 0 aliphatic rings. The lowest BCUT2D eigenvalue weighted by Gasteiger charge is -2.05. The van der Waals surface area contributed by atoms with Gasteiger partial charge in [0.2, 0.25) is 0 Å². The van der Waals surface area contributed by atoms with E-state index in [1.165, 1.54) is 6.07 Å². The van der Waals surface area contributed by atoms with Crippen LogP contribution >= 0.6 is 27.7 Å². The largest absolute Gasteiger partial charge is 0.268 e. The van der Waals surface area contributed by atoms with Crippen molar-refractivity contribution in [2.45, 2.75) is 37.5 Å². The molecule has 102 valence electrons. The third-order valence-corrected chi connectivity index (χ3v) is 4.79. The molecule has 0 saturated heterocycles. The summed E-state index contributed by atoms with van der Waals surface area (Å²) in [5, 5.41) is 4.56. The molecule has 0 fully saturated rings. The number of nitrogens with zero attached hydrogens (tertiary/aromatic N) is 2. The monoisotopic (exact) mass is 342 g/mol. The maximum atomic E-state index is 13.1. The number of halogens is 2. The van der Waals surface area contributed by atoms with Gasteiger partial charge in [0.25, 0.3) is 0 Å². The molecule has 0 bridgehead atoms. The number of benzene rings is 1. The second-order valence-electron chi connectivity index (χ2n) is 4.12. The molecule has 0 amide bonds. The van der Waals surface area contributed by atoms with Crippen molar-refractivity contribution in [3.63, 3.8) is 0 Å². The van der Waals surface area contributed by atoms with Gasteiger partial charge in [-0.15, -0.1) is 11.8 Å². The highest BCUT2D eigenvalue weighted by Gasteiger charge is 2.13. The summed E-state index contributed by atoms with van der Waals surface area (Å²) in [5.74, 6) is 0.590. The van der Waals surface area contributed by atoms with Crippen LogP contribution in [0.4, 0.5) is 4.39 Å². The van der Waals surface area contributed by atoms with Gasteiger partial charge in [-0.3, -0.25) is 4.68 Å². The molecule has 2 rings (SSSR count). The van der Waals surface area contributed by atoms with Crippen molar-refractivity contribution in [3.8, 4) is 0 Å². The van der Waals surface area contributed by atoms with Gasteiger partial charge in [-0.2, -0.15) is 5.10 Å². The van der Waals surface area contributed by atoms with Crippen LogP contribution in [-0.2, 0) is 18.7 Å². The van der Waals surface area contributed by atoms with E-state index in [0.29, 0.717) is 0 Å². The van der Waals surface area contributed by atoms with Gasteiger partial charge in [-0.25, -0.2) is 4.39 Å². The molecule has 19 heavy (non-hydrogen) atoms. The minimum absolute atomic E-state index is 0.192. The average Bonchev–Trinajstić information content (AvgIpc) is 2.72. The molecule has 5 heteroatoms. The topological polar surface area (TPSA) is 17.8 Å². The Labute approximate surface area is 125 Å². The molecule has 0 unspecified atom stereocenters. The fourth-order valence-electron chi connectivity index (χ4n) is 1.86. The molecule has 1 heterocycles. The van der Waals surface area contributed by atoms with E-state index in [9.17, 15) is 4.39 Å². The van der Waals surface area contributed by atoms with Crippen LogP contribution in [-0.4, -0.2) is 9.78 Å². The molecular weight excluding hydrogens is 327 g/mol. The lowest BCUT2D eigenvalue weighted by atomic mass is 10.3. The quantitative estimate of drug-likeness (QED) is 0.735. The SMILES string of the molecule is CCc1nn(CC)c(CSc2cccc(F)c2)c1Br. The first-order valence-electron chi connectivity index (χ1n) is 6.28. The van der Waals surface area contributed by atoms with E-state index in [-0.39, 0.29) is 5.82 Å². The highest BCUT2D eigenvalue weighted by atomic mass is 79.9. The standard InChI is InChI=1S/C14H16BrFN2S/c1-3-12-14(15)13(18(4-2)17-12)9-19-11-7-5-6-10(16)8-11/h5-8H,3-4,9H2,1-2H3. The second kappa shape index (κ2) is 6.57. The van der Waals surface area contributed by atoms with Crippen LogP contribution in [0.3, 0.4) is 0 Å². The van der Waals surface area contributed by atoms with Gasteiger partial charge in [0.15, 0.2) is 0 Å². The summed E-state index contributed by atoms with van der Waals surface area (Å²) >= 11 is 5.24. The van der Waals surface area contributed by atoms with E-state index in [4.69, 9.17) is 0 Å². The van der Waals surface area contributed by atoms with Crippen molar-refractivity contribution in [3.05, 3.63) is 45.9 Å². The number of hydrogen-bond acceptors (Lipinski definition) is 2. The van der Waals surface area contributed by atoms with Crippen LogP contribution in [0.1, 0.15) is 25.2 Å². The fraction of sp³-hybridized carbons (Fsp3) is 0.357. The maximum Gasteiger partial charge on any atom is 0.124 e. The average molecular weight is 343 g/mol. The molecule has 2 aromatic rings. The lowest BCUT2D eigenvalue weighted by molar-refractivity contribution is 0.623. The van der Waals surface area contributed by atoms with Crippen LogP contribution in [0.5, 0.6) is 0 Å². The molecule has 0 saturated carbocycles. The van der Waals surface area contributed by atoms with Crippen LogP contribution in [0, 0.1) is 5.82 Å². The predicted octanol–water partition coefficient (Wildman–Crippen LogP) is 4.66. The van der Waals surface area contributed by atoms with Gasteiger partial charge in [0.05, 0.1) is 15.9 Å². The first-order valence-corrected chi connectivity index (χ1v) is 8.06. The Hall–Kier alpha value is -0.810. The minimum Gasteiger partial charge on any atom is -0.268 e. The number of hydrogen-bond donors (Lipinski definition) is 0. The van der Waals surface area contributed by atoms with E-state index in [0.717, 1.165) is 39.5 Å². The van der Waals surface area contributed by atoms with E-state index < -0.39 is 0 Å². The number of thioether (sulfide) groups is 1. The van der Waals surface area contributed by atoms with Gasteiger partial charge >= 0.3 is 0 Å². The zero-order valence-electron chi connectivity index (χ0n) is 11.0. The molecule has 0 aliphatic heterocycles. The fourth-order valence-corrected chi connectivity index (χ4v) is 3.72. The van der Waals surface area contributed by atoms with Crippen LogP contribution < -0.4 is 0 Å². The molecule has 0 atom stereocenters. The van der Waals surface area contributed by atoms with Gasteiger partial charge < -0.3 is 0 Å². The Balaban J connectivity index is 2.17. The predicted molar refractivity (Wildman–Crippen MR) is 80.9 cm³/mol. The van der Waals surface area contributed by atoms with Gasteiger partial charge in [0, 0.05) is 17.2 Å². The molecule has 2 nitrogen and oxygen atoms in total. The molecule has 0 radical (unpaired) electrons. The summed E-state index contributed by atoms with van der Waals surface area (Å²) < 4.78 is 16.2. The summed E-state index contributed by atoms with van der Waals surface area (Å²) in [6.45, 7) is 5.02. The third-order valence-electron chi connectivity index (χ3n) is 2.87. The van der Waals surface area contributed by atoms with Crippen molar-refractivity contribution < 1.29 is 4.39 Å². The first kappa shape index (κ1) is 14.6. The minimum atomic E-state index is -0.192. The van der Waals surface area contributed by atoms with Gasteiger partial charge in [-0.05, 0) is 47.5 Å². The van der Waals surface area contributed by atoms with E-state index in [1.54, 1.807) is 23.9 Å². The summed E-state index contributed by atoms with van der Waals surface area (Å²) in [5.41, 5.74) is 2.24. The molecular formula is C14H16BrFN2S. The highest BCUT2D eigenvalue weighted by Crippen LogP contribution is 2.29. The lowest BCUT2D eigenvalue weighted by Crippen LogP contribution is -2.01. The zero-order valence-corrected chi connectivity index (χ0v) is 13.4. The molecule has 1 aromatic heterocycles. The Morgan fingerprint density at radius 3 is 2.79 bits per heavy atom. The van der Waals surface area contributed by atoms with Crippen LogP contribution in [0.2, 0.25) is 0 Å². The number of aryl methyl sites for hydroxylation is 2. The Morgan fingerprint density at radius 2 is 2.16 bits per heavy atom. The van der Waals surface area contributed by atoms with E-state index >= 15 is 0 Å². The number of rotatable bonds is 5. The van der Waals surface area contributed by atoms with Gasteiger partial charge in [0.1, 0.15) is 5.82 Å². The normalized spacial score (nSPS) is 10.9. The van der Waals surface area contributed by atoms with Crippen molar-refractivity contribution in [1.29, 1.82) is 0 Å². The Morgan fingerprint density at radius 1 is 1.37 bits per heavy atom. The van der Waals surface area contributed by atoms with Crippen molar-refractivity contribution >= 4 is 27.7 Å². The molecule has 0 aliphatic carbocycles. The van der Waals surface area contributed by atoms with Crippen molar-refractivity contribution in [1.82, 2.24) is 9.78 Å². The zero-order chi connectivity index (χ0) is 13.8. The van der Waals surface area contributed by atoms with E-state index in [1.807, 2.05) is 10.7 Å². The third kappa shape index (κ3) is 3.39. The maximum absolute atomic E-state index is 13.1. The molecule has 0 N–H and O–H groups in total. The summed E-state index contributed by atoms with van der Waals surface area (Å²) in [4.78, 5) is 0.939. The number of aromatic nitrogens is 2. The van der Waals surface area contributed by atoms with E-state index in [2.05, 4.69) is 34.9 Å².